The van der Waals surface area contributed by atoms with Gasteiger partial charge < -0.3 is 10.7 Å². The molecular weight excluding hydrogens is 176 g/mol. The second kappa shape index (κ2) is 3.38. The molecule has 0 aliphatic heterocycles. The summed E-state index contributed by atoms with van der Waals surface area (Å²) >= 11 is 0. The Kier molecular flexibility index (Phi) is 2.07. The predicted octanol–water partition coefficient (Wildman–Crippen LogP) is 1.78. The van der Waals surface area contributed by atoms with Crippen molar-refractivity contribution < 1.29 is 4.79 Å². The molecule has 0 saturated heterocycles. The monoisotopic (exact) mass is 186 g/mol. The van der Waals surface area contributed by atoms with Crippen LogP contribution in [0.4, 0.5) is 0 Å². The molecule has 70 valence electrons. The van der Waals surface area contributed by atoms with Crippen molar-refractivity contribution >= 4 is 5.91 Å². The standard InChI is InChI=1S/C11H10N2O/c12-11(14)9-5-3-8(4-6-9)10-2-1-7-13-10/h1-7,13H,(H2,12,14). The summed E-state index contributed by atoms with van der Waals surface area (Å²) in [4.78, 5) is 13.9. The molecule has 0 aliphatic carbocycles. The van der Waals surface area contributed by atoms with Crippen LogP contribution in [0.15, 0.2) is 42.6 Å². The largest absolute Gasteiger partial charge is 0.366 e. The number of amides is 1. The van der Waals surface area contributed by atoms with Gasteiger partial charge in [0.1, 0.15) is 0 Å². The number of carbonyl (C=O) groups excluding carboxylic acids is 1. The average Bonchev–Trinajstić information content (AvgIpc) is 2.71. The van der Waals surface area contributed by atoms with Crippen LogP contribution in [0.1, 0.15) is 10.4 Å². The Balaban J connectivity index is 2.36. The van der Waals surface area contributed by atoms with Crippen molar-refractivity contribution in [2.75, 3.05) is 0 Å². The fraction of sp³-hybridized carbons (Fsp3) is 0. The van der Waals surface area contributed by atoms with Gasteiger partial charge in [0, 0.05) is 17.5 Å². The van der Waals surface area contributed by atoms with E-state index in [-0.39, 0.29) is 0 Å². The van der Waals surface area contributed by atoms with Crippen molar-refractivity contribution in [3.05, 3.63) is 48.2 Å². The maximum Gasteiger partial charge on any atom is 0.248 e. The highest BCUT2D eigenvalue weighted by molar-refractivity contribution is 5.93. The van der Waals surface area contributed by atoms with Gasteiger partial charge in [0.15, 0.2) is 0 Å². The minimum atomic E-state index is -0.400. The molecule has 1 aromatic heterocycles. The van der Waals surface area contributed by atoms with Crippen LogP contribution in [0.2, 0.25) is 0 Å². The summed E-state index contributed by atoms with van der Waals surface area (Å²) in [5.74, 6) is -0.400. The van der Waals surface area contributed by atoms with Crippen molar-refractivity contribution in [1.82, 2.24) is 4.98 Å². The summed E-state index contributed by atoms with van der Waals surface area (Å²) in [7, 11) is 0. The van der Waals surface area contributed by atoms with E-state index in [0.29, 0.717) is 5.56 Å². The first-order chi connectivity index (χ1) is 6.77. The molecule has 2 rings (SSSR count). The van der Waals surface area contributed by atoms with E-state index in [2.05, 4.69) is 4.98 Å². The predicted molar refractivity (Wildman–Crippen MR) is 54.7 cm³/mol. The van der Waals surface area contributed by atoms with E-state index in [1.165, 1.54) is 0 Å². The first-order valence-corrected chi connectivity index (χ1v) is 4.31. The van der Waals surface area contributed by atoms with Crippen molar-refractivity contribution in [3.63, 3.8) is 0 Å². The molecule has 14 heavy (non-hydrogen) atoms. The minimum Gasteiger partial charge on any atom is -0.366 e. The Morgan fingerprint density at radius 2 is 1.86 bits per heavy atom. The molecule has 0 aliphatic rings. The number of carbonyl (C=O) groups is 1. The maximum absolute atomic E-state index is 10.8. The molecule has 0 saturated carbocycles. The molecule has 0 fully saturated rings. The summed E-state index contributed by atoms with van der Waals surface area (Å²) < 4.78 is 0. The van der Waals surface area contributed by atoms with Gasteiger partial charge in [-0.15, -0.1) is 0 Å². The summed E-state index contributed by atoms with van der Waals surface area (Å²) in [5.41, 5.74) is 7.73. The van der Waals surface area contributed by atoms with E-state index < -0.39 is 5.91 Å². The lowest BCUT2D eigenvalue weighted by atomic mass is 10.1. The molecular formula is C11H10N2O. The zero-order chi connectivity index (χ0) is 9.97. The highest BCUT2D eigenvalue weighted by Gasteiger charge is 2.01. The Bertz CT molecular complexity index is 429. The zero-order valence-corrected chi connectivity index (χ0v) is 7.53. The van der Waals surface area contributed by atoms with Crippen LogP contribution in [0.5, 0.6) is 0 Å². The van der Waals surface area contributed by atoms with Crippen molar-refractivity contribution in [3.8, 4) is 11.3 Å². The number of hydrogen-bond acceptors (Lipinski definition) is 1. The number of nitrogens with one attached hydrogen (secondary N) is 1. The molecule has 1 heterocycles. The zero-order valence-electron chi connectivity index (χ0n) is 7.53. The van der Waals surface area contributed by atoms with Crippen LogP contribution in [-0.2, 0) is 0 Å². The molecule has 0 radical (unpaired) electrons. The number of nitrogens with two attached hydrogens (primary N) is 1. The quantitative estimate of drug-likeness (QED) is 0.737. The first kappa shape index (κ1) is 8.56. The van der Waals surface area contributed by atoms with Crippen LogP contribution in [0.3, 0.4) is 0 Å². The smallest absolute Gasteiger partial charge is 0.248 e. The van der Waals surface area contributed by atoms with Gasteiger partial charge in [0.05, 0.1) is 0 Å². The number of aromatic nitrogens is 1. The van der Waals surface area contributed by atoms with Crippen molar-refractivity contribution in [2.24, 2.45) is 5.73 Å². The van der Waals surface area contributed by atoms with Gasteiger partial charge >= 0.3 is 0 Å². The van der Waals surface area contributed by atoms with E-state index in [1.54, 1.807) is 12.1 Å². The number of aromatic amines is 1. The first-order valence-electron chi connectivity index (χ1n) is 4.31. The second-order valence-corrected chi connectivity index (χ2v) is 3.03. The van der Waals surface area contributed by atoms with E-state index in [0.717, 1.165) is 11.3 Å². The van der Waals surface area contributed by atoms with E-state index >= 15 is 0 Å². The van der Waals surface area contributed by atoms with Crippen LogP contribution in [-0.4, -0.2) is 10.9 Å². The van der Waals surface area contributed by atoms with Gasteiger partial charge in [-0.25, -0.2) is 0 Å². The fourth-order valence-corrected chi connectivity index (χ4v) is 1.32. The van der Waals surface area contributed by atoms with Crippen LogP contribution in [0.25, 0.3) is 11.3 Å². The van der Waals surface area contributed by atoms with Crippen molar-refractivity contribution in [1.29, 1.82) is 0 Å². The lowest BCUT2D eigenvalue weighted by molar-refractivity contribution is 0.100. The molecule has 1 aromatic carbocycles. The molecule has 0 bridgehead atoms. The van der Waals surface area contributed by atoms with E-state index in [4.69, 9.17) is 5.73 Å². The highest BCUT2D eigenvalue weighted by atomic mass is 16.1. The highest BCUT2D eigenvalue weighted by Crippen LogP contribution is 2.16. The third-order valence-electron chi connectivity index (χ3n) is 2.08. The van der Waals surface area contributed by atoms with Gasteiger partial charge in [-0.05, 0) is 29.8 Å². The van der Waals surface area contributed by atoms with Crippen molar-refractivity contribution in [2.45, 2.75) is 0 Å². The summed E-state index contributed by atoms with van der Waals surface area (Å²) in [6.07, 6.45) is 1.86. The van der Waals surface area contributed by atoms with E-state index in [9.17, 15) is 4.79 Å². The number of benzene rings is 1. The SMILES string of the molecule is NC(=O)c1ccc(-c2ccc[nH]2)cc1. The summed E-state index contributed by atoms with van der Waals surface area (Å²) in [6.45, 7) is 0. The Hall–Kier alpha value is -2.03. The fourth-order valence-electron chi connectivity index (χ4n) is 1.32. The third kappa shape index (κ3) is 1.52. The van der Waals surface area contributed by atoms with E-state index in [1.807, 2.05) is 30.5 Å². The lowest BCUT2D eigenvalue weighted by Gasteiger charge is -1.99. The van der Waals surface area contributed by atoms with Crippen LogP contribution < -0.4 is 5.73 Å². The van der Waals surface area contributed by atoms with Crippen LogP contribution in [0, 0.1) is 0 Å². The Morgan fingerprint density at radius 3 is 2.36 bits per heavy atom. The maximum atomic E-state index is 10.8. The number of rotatable bonds is 2. The Morgan fingerprint density at radius 1 is 1.14 bits per heavy atom. The number of H-pyrrole nitrogens is 1. The molecule has 3 nitrogen and oxygen atoms in total. The molecule has 3 heteroatoms. The lowest BCUT2D eigenvalue weighted by Crippen LogP contribution is -2.10. The molecule has 0 atom stereocenters. The molecule has 0 spiro atoms. The number of hydrogen-bond donors (Lipinski definition) is 2. The second-order valence-electron chi connectivity index (χ2n) is 3.03. The van der Waals surface area contributed by atoms with Gasteiger partial charge in [-0.3, -0.25) is 4.79 Å². The van der Waals surface area contributed by atoms with Gasteiger partial charge in [-0.2, -0.15) is 0 Å². The number of primary amides is 1. The summed E-state index contributed by atoms with van der Waals surface area (Å²) in [6, 6.07) is 11.1. The average molecular weight is 186 g/mol. The molecule has 0 unspecified atom stereocenters. The minimum absolute atomic E-state index is 0.400. The van der Waals surface area contributed by atoms with Gasteiger partial charge in [0.25, 0.3) is 0 Å². The summed E-state index contributed by atoms with van der Waals surface area (Å²) in [5, 5.41) is 0. The Labute approximate surface area is 81.6 Å². The molecule has 1 amide bonds. The topological polar surface area (TPSA) is 58.9 Å². The van der Waals surface area contributed by atoms with Crippen LogP contribution >= 0.6 is 0 Å². The third-order valence-corrected chi connectivity index (χ3v) is 2.08. The molecule has 2 aromatic rings. The van der Waals surface area contributed by atoms with Gasteiger partial charge in [0.2, 0.25) is 5.91 Å². The normalized spacial score (nSPS) is 10.0. The molecule has 3 N–H and O–H groups in total. The van der Waals surface area contributed by atoms with Gasteiger partial charge in [-0.1, -0.05) is 12.1 Å².